The molecule has 2 rings (SSSR count). The number of nitrogens with two attached hydrogens (primary N) is 2. The van der Waals surface area contributed by atoms with Crippen molar-refractivity contribution in [3.05, 3.63) is 0 Å². The number of hydroxylamine groups is 1. The van der Waals surface area contributed by atoms with Crippen LogP contribution in [0.4, 0.5) is 4.79 Å². The normalized spacial score (nSPS) is 18.7. The van der Waals surface area contributed by atoms with Gasteiger partial charge in [-0.2, -0.15) is 11.8 Å². The molecule has 1 unspecified atom stereocenters. The molecule has 2 aliphatic rings. The number of aliphatic hydroxyl groups excluding tert-OH is 1. The van der Waals surface area contributed by atoms with Crippen molar-refractivity contribution in [3.8, 4) is 0 Å². The van der Waals surface area contributed by atoms with Gasteiger partial charge in [0.25, 0.3) is 0 Å². The van der Waals surface area contributed by atoms with Crippen molar-refractivity contribution >= 4 is 71.0 Å². The van der Waals surface area contributed by atoms with E-state index in [4.69, 9.17) is 16.7 Å². The minimum Gasteiger partial charge on any atom is -0.394 e. The molecule has 0 radical (unpaired) electrons. The summed E-state index contributed by atoms with van der Waals surface area (Å²) in [6.45, 7) is 1.40. The number of rotatable bonds is 28. The standard InChI is InChI=1S/C35H59N11O12S/c1-18(2)19(13-27(50)46-58)32(54)42-21(10-11-25(36)48)34(56)43-22(16-47)33(55)40-14-28(51)39-15-29(52)41-20(31(37)53)7-5-6-12-38-26(49)9-4-3-8-24-30-23(17-59-24)44-35(57)45-30/h18-24,30,47,58H,3-17H2,1-2H3,(H2,36,48)(H2,37,53)(H,38,49)(H,39,51)(H,40,55)(H,41,52)(H,42,54)(H,43,56)(H,46,50)(H2,44,45,57)/t19?,20-,21-,22-,23-,24-,30-/m0/s1. The number of aliphatic hydroxyl groups is 1. The van der Waals surface area contributed by atoms with Gasteiger partial charge in [-0.3, -0.25) is 48.4 Å². The van der Waals surface area contributed by atoms with Crippen LogP contribution in [0, 0.1) is 11.8 Å². The molecule has 59 heavy (non-hydrogen) atoms. The molecule has 332 valence electrons. The second kappa shape index (κ2) is 26.0. The first-order valence-corrected chi connectivity index (χ1v) is 20.5. The predicted octanol–water partition coefficient (Wildman–Crippen LogP) is -4.40. The molecular formula is C35H59N11O12S. The smallest absolute Gasteiger partial charge is 0.315 e. The molecule has 2 fully saturated rings. The molecule has 15 N–H and O–H groups in total. The van der Waals surface area contributed by atoms with Crippen LogP contribution in [0.25, 0.3) is 0 Å². The van der Waals surface area contributed by atoms with Gasteiger partial charge in [-0.15, -0.1) is 0 Å². The predicted molar refractivity (Wildman–Crippen MR) is 210 cm³/mol. The third-order valence-corrected chi connectivity index (χ3v) is 11.2. The molecular weight excluding hydrogens is 799 g/mol. The van der Waals surface area contributed by atoms with Gasteiger partial charge in [-0.25, -0.2) is 10.3 Å². The highest BCUT2D eigenvalue weighted by Gasteiger charge is 2.42. The molecule has 0 spiro atoms. The van der Waals surface area contributed by atoms with Gasteiger partial charge in [0, 0.05) is 42.7 Å². The topological polar surface area (TPSA) is 371 Å². The summed E-state index contributed by atoms with van der Waals surface area (Å²) in [6.07, 6.45) is 2.89. The molecule has 0 aromatic rings. The number of hydrogen-bond donors (Lipinski definition) is 13. The van der Waals surface area contributed by atoms with Crippen molar-refractivity contribution in [2.45, 2.75) is 114 Å². The second-order valence-corrected chi connectivity index (χ2v) is 15.9. The number of primary amides is 2. The largest absolute Gasteiger partial charge is 0.394 e. The number of urea groups is 1. The van der Waals surface area contributed by atoms with E-state index in [1.807, 2.05) is 11.8 Å². The summed E-state index contributed by atoms with van der Waals surface area (Å²) >= 11 is 1.82. The summed E-state index contributed by atoms with van der Waals surface area (Å²) in [5.74, 6) is -7.44. The van der Waals surface area contributed by atoms with Crippen molar-refractivity contribution in [3.63, 3.8) is 0 Å². The molecule has 0 saturated carbocycles. The van der Waals surface area contributed by atoms with Crippen molar-refractivity contribution in [2.24, 2.45) is 23.3 Å². The highest BCUT2D eigenvalue weighted by atomic mass is 32.2. The zero-order chi connectivity index (χ0) is 44.1. The first-order valence-electron chi connectivity index (χ1n) is 19.5. The van der Waals surface area contributed by atoms with Gasteiger partial charge in [0.2, 0.25) is 53.2 Å². The summed E-state index contributed by atoms with van der Waals surface area (Å²) in [7, 11) is 0. The Balaban J connectivity index is 1.70. The number of unbranched alkanes of at least 4 members (excludes halogenated alkanes) is 2. The molecule has 0 aromatic heterocycles. The fourth-order valence-electron chi connectivity index (χ4n) is 6.30. The molecule has 24 heteroatoms. The summed E-state index contributed by atoms with van der Waals surface area (Å²) in [6, 6.07) is -3.94. The van der Waals surface area contributed by atoms with E-state index in [-0.39, 0.29) is 43.3 Å². The van der Waals surface area contributed by atoms with Crippen LogP contribution in [-0.2, 0) is 43.2 Å². The van der Waals surface area contributed by atoms with E-state index >= 15 is 0 Å². The van der Waals surface area contributed by atoms with Gasteiger partial charge in [-0.1, -0.05) is 20.3 Å². The Morgan fingerprint density at radius 2 is 1.44 bits per heavy atom. The first-order chi connectivity index (χ1) is 27.9. The van der Waals surface area contributed by atoms with E-state index in [2.05, 4.69) is 42.5 Å². The molecule has 0 bridgehead atoms. The molecule has 0 aromatic carbocycles. The first kappa shape index (κ1) is 49.9. The number of carbonyl (C=O) groups excluding carboxylic acids is 10. The van der Waals surface area contributed by atoms with E-state index in [1.54, 1.807) is 13.8 Å². The van der Waals surface area contributed by atoms with E-state index in [0.717, 1.165) is 18.6 Å². The van der Waals surface area contributed by atoms with Crippen molar-refractivity contribution < 1.29 is 58.3 Å². The molecule has 11 amide bonds. The number of fused-ring (bicyclic) bond motifs is 1. The Labute approximate surface area is 345 Å². The lowest BCUT2D eigenvalue weighted by Crippen LogP contribution is -2.56. The molecule has 2 saturated heterocycles. The minimum atomic E-state index is -1.62. The van der Waals surface area contributed by atoms with Gasteiger partial charge >= 0.3 is 6.03 Å². The number of hydrogen-bond acceptors (Lipinski definition) is 13. The lowest BCUT2D eigenvalue weighted by atomic mass is 9.91. The summed E-state index contributed by atoms with van der Waals surface area (Å²) in [4.78, 5) is 122. The maximum atomic E-state index is 13.1. The Morgan fingerprint density at radius 3 is 2.08 bits per heavy atom. The SMILES string of the molecule is CC(C)C(CC(=O)NO)C(=O)N[C@@H](CCC(N)=O)C(=O)N[C@@H](CO)C(=O)NCC(=O)NCC(=O)N[C@@H](CCCCNC(=O)CCCC[C@@H]1SC[C@@H]2NC(=O)N[C@@H]21)C(N)=O. The van der Waals surface area contributed by atoms with Crippen LogP contribution < -0.4 is 59.5 Å². The van der Waals surface area contributed by atoms with Crippen LogP contribution in [-0.4, -0.2) is 137 Å². The maximum Gasteiger partial charge on any atom is 0.315 e. The van der Waals surface area contributed by atoms with E-state index < -0.39 is 103 Å². The second-order valence-electron chi connectivity index (χ2n) is 14.6. The zero-order valence-electron chi connectivity index (χ0n) is 33.3. The van der Waals surface area contributed by atoms with Crippen LogP contribution in [0.3, 0.4) is 0 Å². The minimum absolute atomic E-state index is 0.0996. The number of thioether (sulfide) groups is 1. The average molecular weight is 858 g/mol. The van der Waals surface area contributed by atoms with Gasteiger partial charge in [0.05, 0.1) is 31.8 Å². The Bertz CT molecular complexity index is 1520. The van der Waals surface area contributed by atoms with Crippen LogP contribution in [0.1, 0.15) is 78.1 Å². The molecule has 7 atom stereocenters. The average Bonchev–Trinajstić information content (AvgIpc) is 3.74. The van der Waals surface area contributed by atoms with Gasteiger partial charge in [-0.05, 0) is 44.4 Å². The van der Waals surface area contributed by atoms with Crippen LogP contribution in [0.15, 0.2) is 0 Å². The highest BCUT2D eigenvalue weighted by molar-refractivity contribution is 8.00. The lowest BCUT2D eigenvalue weighted by Gasteiger charge is -2.25. The van der Waals surface area contributed by atoms with E-state index in [1.165, 1.54) is 5.48 Å². The zero-order valence-corrected chi connectivity index (χ0v) is 34.1. The Morgan fingerprint density at radius 1 is 0.746 bits per heavy atom. The van der Waals surface area contributed by atoms with Crippen molar-refractivity contribution in [1.29, 1.82) is 0 Å². The van der Waals surface area contributed by atoms with E-state index in [9.17, 15) is 53.1 Å². The van der Waals surface area contributed by atoms with Crippen LogP contribution in [0.5, 0.6) is 0 Å². The van der Waals surface area contributed by atoms with E-state index in [0.29, 0.717) is 37.5 Å². The number of nitrogens with one attached hydrogen (secondary N) is 9. The Hall–Kier alpha value is -5.23. The van der Waals surface area contributed by atoms with Crippen LogP contribution >= 0.6 is 11.8 Å². The van der Waals surface area contributed by atoms with Gasteiger partial charge in [0.1, 0.15) is 18.1 Å². The van der Waals surface area contributed by atoms with Gasteiger partial charge < -0.3 is 59.1 Å². The van der Waals surface area contributed by atoms with Crippen molar-refractivity contribution in [2.75, 3.05) is 32.0 Å². The molecule has 23 nitrogen and oxygen atoms in total. The fraction of sp³-hybridized carbons (Fsp3) is 0.714. The van der Waals surface area contributed by atoms with Crippen molar-refractivity contribution in [1.82, 2.24) is 48.0 Å². The maximum absolute atomic E-state index is 13.1. The third kappa shape index (κ3) is 18.5. The van der Waals surface area contributed by atoms with Gasteiger partial charge in [0.15, 0.2) is 0 Å². The summed E-state index contributed by atoms with van der Waals surface area (Å²) in [5.41, 5.74) is 12.0. The molecule has 2 aliphatic heterocycles. The number of carbonyl (C=O) groups is 10. The monoisotopic (exact) mass is 857 g/mol. The number of amides is 11. The Kier molecular flexibility index (Phi) is 22.0. The summed E-state index contributed by atoms with van der Waals surface area (Å²) in [5, 5.41) is 39.1. The fourth-order valence-corrected chi connectivity index (χ4v) is 7.85. The summed E-state index contributed by atoms with van der Waals surface area (Å²) < 4.78 is 0. The lowest BCUT2D eigenvalue weighted by molar-refractivity contribution is -0.138. The third-order valence-electron chi connectivity index (χ3n) is 9.67. The van der Waals surface area contributed by atoms with Crippen LogP contribution in [0.2, 0.25) is 0 Å². The molecule has 2 heterocycles. The molecule has 0 aliphatic carbocycles. The highest BCUT2D eigenvalue weighted by Crippen LogP contribution is 2.33. The quantitative estimate of drug-likeness (QED) is 0.0153.